The van der Waals surface area contributed by atoms with E-state index in [0.717, 1.165) is 62.7 Å². The molecular formula is C18H28N6O2. The van der Waals surface area contributed by atoms with Crippen molar-refractivity contribution in [1.82, 2.24) is 24.7 Å². The summed E-state index contributed by atoms with van der Waals surface area (Å²) in [6, 6.07) is 3.93. The van der Waals surface area contributed by atoms with E-state index in [1.807, 2.05) is 35.6 Å². The van der Waals surface area contributed by atoms with Crippen LogP contribution in [0.4, 0.5) is 5.82 Å². The Hall–Kier alpha value is -1.77. The molecule has 2 aromatic heterocycles. The zero-order chi connectivity index (χ0) is 18.1. The molecule has 1 N–H and O–H groups in total. The third kappa shape index (κ3) is 3.54. The largest absolute Gasteiger partial charge is 0.386 e. The lowest BCUT2D eigenvalue weighted by molar-refractivity contribution is -0.102. The van der Waals surface area contributed by atoms with Crippen molar-refractivity contribution in [3.8, 4) is 0 Å². The highest BCUT2D eigenvalue weighted by molar-refractivity contribution is 5.45. The fraction of sp³-hybridized carbons (Fsp3) is 0.722. The number of hydrogen-bond donors (Lipinski definition) is 1. The van der Waals surface area contributed by atoms with Gasteiger partial charge in [-0.3, -0.25) is 0 Å². The minimum atomic E-state index is -0.686. The average Bonchev–Trinajstić information content (AvgIpc) is 3.06. The van der Waals surface area contributed by atoms with E-state index in [2.05, 4.69) is 20.2 Å². The van der Waals surface area contributed by atoms with Crippen LogP contribution >= 0.6 is 0 Å². The van der Waals surface area contributed by atoms with Gasteiger partial charge >= 0.3 is 0 Å². The van der Waals surface area contributed by atoms with Crippen LogP contribution in [0.3, 0.4) is 0 Å². The topological polar surface area (TPSA) is 79.0 Å². The number of aliphatic hydroxyl groups is 1. The maximum Gasteiger partial charge on any atom is 0.178 e. The van der Waals surface area contributed by atoms with E-state index in [-0.39, 0.29) is 0 Å². The van der Waals surface area contributed by atoms with Gasteiger partial charge in [-0.1, -0.05) is 0 Å². The van der Waals surface area contributed by atoms with Crippen molar-refractivity contribution in [3.05, 3.63) is 18.0 Å². The Kier molecular flexibility index (Phi) is 4.81. The summed E-state index contributed by atoms with van der Waals surface area (Å²) in [5, 5.41) is 24.1. The van der Waals surface area contributed by atoms with E-state index < -0.39 is 5.60 Å². The molecule has 2 aliphatic rings. The number of aromatic nitrogens is 4. The quantitative estimate of drug-likeness (QED) is 0.868. The molecule has 0 bridgehead atoms. The summed E-state index contributed by atoms with van der Waals surface area (Å²) in [6.07, 6.45) is 3.79. The number of anilines is 1. The smallest absolute Gasteiger partial charge is 0.178 e. The van der Waals surface area contributed by atoms with E-state index in [0.29, 0.717) is 19.1 Å². The maximum atomic E-state index is 10.7. The number of β-amino-alcohol motifs (C(OH)–C–C–N with tert-alkyl or cyclic N) is 1. The first kappa shape index (κ1) is 17.6. The third-order valence-corrected chi connectivity index (χ3v) is 5.50. The van der Waals surface area contributed by atoms with Crippen molar-refractivity contribution in [2.75, 3.05) is 51.8 Å². The van der Waals surface area contributed by atoms with Crippen LogP contribution < -0.4 is 4.90 Å². The second kappa shape index (κ2) is 7.09. The number of rotatable bonds is 4. The van der Waals surface area contributed by atoms with E-state index in [9.17, 15) is 5.11 Å². The Morgan fingerprint density at radius 2 is 2.08 bits per heavy atom. The second-order valence-electron chi connectivity index (χ2n) is 7.85. The fourth-order valence-corrected chi connectivity index (χ4v) is 4.02. The summed E-state index contributed by atoms with van der Waals surface area (Å²) in [4.78, 5) is 4.34. The normalized spacial score (nSPS) is 25.7. The number of nitrogens with zero attached hydrogens (tertiary/aromatic N) is 6. The molecule has 0 spiro atoms. The number of hydrogen-bond acceptors (Lipinski definition) is 7. The number of piperidine rings is 1. The Balaban J connectivity index is 1.43. The van der Waals surface area contributed by atoms with Gasteiger partial charge in [-0.05, 0) is 50.9 Å². The minimum absolute atomic E-state index is 0.350. The zero-order valence-electron chi connectivity index (χ0n) is 15.6. The molecule has 8 nitrogen and oxygen atoms in total. The standard InChI is InChI=1S/C18H28N6O2/c1-22(2)16-5-4-15-19-20-17(24(15)21-16)14-6-9-23(10-7-14)12-18(25)8-3-11-26-13-18/h4-5,14,25H,3,6-13H2,1-2H3. The first-order valence-electron chi connectivity index (χ1n) is 9.46. The number of ether oxygens (including phenoxy) is 1. The molecule has 4 heterocycles. The van der Waals surface area contributed by atoms with Crippen molar-refractivity contribution in [1.29, 1.82) is 0 Å². The molecule has 0 radical (unpaired) electrons. The van der Waals surface area contributed by atoms with Crippen molar-refractivity contribution in [3.63, 3.8) is 0 Å². The maximum absolute atomic E-state index is 10.7. The van der Waals surface area contributed by atoms with Gasteiger partial charge in [0.05, 0.1) is 6.61 Å². The lowest BCUT2D eigenvalue weighted by Gasteiger charge is -2.39. The highest BCUT2D eigenvalue weighted by Gasteiger charge is 2.34. The molecule has 8 heteroatoms. The van der Waals surface area contributed by atoms with Crippen molar-refractivity contribution in [2.24, 2.45) is 0 Å². The van der Waals surface area contributed by atoms with Gasteiger partial charge in [0.2, 0.25) is 0 Å². The second-order valence-corrected chi connectivity index (χ2v) is 7.85. The molecular weight excluding hydrogens is 332 g/mol. The lowest BCUT2D eigenvalue weighted by atomic mass is 9.92. The summed E-state index contributed by atoms with van der Waals surface area (Å²) in [5.74, 6) is 2.20. The van der Waals surface area contributed by atoms with Crippen LogP contribution in [-0.2, 0) is 4.74 Å². The third-order valence-electron chi connectivity index (χ3n) is 5.50. The summed E-state index contributed by atoms with van der Waals surface area (Å²) in [6.45, 7) is 3.83. The van der Waals surface area contributed by atoms with Crippen molar-refractivity contribution >= 4 is 11.5 Å². The van der Waals surface area contributed by atoms with Crippen molar-refractivity contribution < 1.29 is 9.84 Å². The van der Waals surface area contributed by atoms with Crippen LogP contribution in [0.15, 0.2) is 12.1 Å². The molecule has 0 aliphatic carbocycles. The Morgan fingerprint density at radius 3 is 2.77 bits per heavy atom. The molecule has 142 valence electrons. The Morgan fingerprint density at radius 1 is 1.27 bits per heavy atom. The van der Waals surface area contributed by atoms with Gasteiger partial charge in [0.1, 0.15) is 11.4 Å². The minimum Gasteiger partial charge on any atom is -0.386 e. The van der Waals surface area contributed by atoms with Crippen LogP contribution in [0.2, 0.25) is 0 Å². The SMILES string of the molecule is CN(C)c1ccc2nnc(C3CCN(CC4(O)CCCOC4)CC3)n2n1. The highest BCUT2D eigenvalue weighted by atomic mass is 16.5. The van der Waals surface area contributed by atoms with E-state index >= 15 is 0 Å². The summed E-state index contributed by atoms with van der Waals surface area (Å²) in [5.41, 5.74) is 0.108. The molecule has 4 rings (SSSR count). The van der Waals surface area contributed by atoms with Gasteiger partial charge in [-0.25, -0.2) is 0 Å². The highest BCUT2D eigenvalue weighted by Crippen LogP contribution is 2.29. The van der Waals surface area contributed by atoms with Gasteiger partial charge in [0.15, 0.2) is 11.5 Å². The summed E-state index contributed by atoms with van der Waals surface area (Å²) >= 11 is 0. The van der Waals surface area contributed by atoms with E-state index in [4.69, 9.17) is 4.74 Å². The predicted molar refractivity (Wildman–Crippen MR) is 98.5 cm³/mol. The zero-order valence-corrected chi connectivity index (χ0v) is 15.6. The van der Waals surface area contributed by atoms with Crippen LogP contribution in [0.5, 0.6) is 0 Å². The molecule has 2 aliphatic heterocycles. The molecule has 0 amide bonds. The number of likely N-dealkylation sites (tertiary alicyclic amines) is 1. The molecule has 0 aromatic carbocycles. The first-order chi connectivity index (χ1) is 12.5. The predicted octanol–water partition coefficient (Wildman–Crippen LogP) is 0.911. The Labute approximate surface area is 153 Å². The Bertz CT molecular complexity index is 747. The molecule has 2 aromatic rings. The molecule has 0 saturated carbocycles. The number of fused-ring (bicyclic) bond motifs is 1. The van der Waals surface area contributed by atoms with Crippen LogP contribution in [-0.4, -0.2) is 82.4 Å². The molecule has 26 heavy (non-hydrogen) atoms. The molecule has 1 atom stereocenters. The lowest BCUT2D eigenvalue weighted by Crippen LogP contribution is -2.50. The molecule has 2 fully saturated rings. The molecule has 1 unspecified atom stereocenters. The fourth-order valence-electron chi connectivity index (χ4n) is 4.02. The van der Waals surface area contributed by atoms with Crippen LogP contribution in [0, 0.1) is 0 Å². The van der Waals surface area contributed by atoms with E-state index in [1.54, 1.807) is 0 Å². The van der Waals surface area contributed by atoms with Gasteiger partial charge in [-0.2, -0.15) is 4.52 Å². The summed E-state index contributed by atoms with van der Waals surface area (Å²) in [7, 11) is 3.97. The monoisotopic (exact) mass is 360 g/mol. The van der Waals surface area contributed by atoms with Crippen LogP contribution in [0.1, 0.15) is 37.4 Å². The first-order valence-corrected chi connectivity index (χ1v) is 9.46. The average molecular weight is 360 g/mol. The van der Waals surface area contributed by atoms with Gasteiger partial charge in [0, 0.05) is 33.2 Å². The van der Waals surface area contributed by atoms with Crippen LogP contribution in [0.25, 0.3) is 5.65 Å². The van der Waals surface area contributed by atoms with Gasteiger partial charge < -0.3 is 19.6 Å². The van der Waals surface area contributed by atoms with Gasteiger partial charge in [0.25, 0.3) is 0 Å². The van der Waals surface area contributed by atoms with Crippen molar-refractivity contribution in [2.45, 2.75) is 37.2 Å². The van der Waals surface area contributed by atoms with Gasteiger partial charge in [-0.15, -0.1) is 15.3 Å². The summed E-state index contributed by atoms with van der Waals surface area (Å²) < 4.78 is 7.36. The molecule has 2 saturated heterocycles. The van der Waals surface area contributed by atoms with E-state index in [1.165, 1.54) is 0 Å².